The maximum atomic E-state index is 13.9. The zero-order chi connectivity index (χ0) is 26.1. The van der Waals surface area contributed by atoms with Gasteiger partial charge in [0.25, 0.3) is 5.56 Å². The lowest BCUT2D eigenvalue weighted by molar-refractivity contribution is -0.138. The van der Waals surface area contributed by atoms with Gasteiger partial charge in [-0.3, -0.25) is 9.36 Å². The molecule has 190 valence electrons. The molecule has 4 aromatic rings. The molecule has 2 aliphatic heterocycles. The Labute approximate surface area is 222 Å². The van der Waals surface area contributed by atoms with Crippen molar-refractivity contribution in [1.82, 2.24) is 4.57 Å². The number of hydrogen-bond acceptors (Lipinski definition) is 7. The molecule has 38 heavy (non-hydrogen) atoms. The minimum atomic E-state index is -0.691. The summed E-state index contributed by atoms with van der Waals surface area (Å²) in [7, 11) is 0. The van der Waals surface area contributed by atoms with Gasteiger partial charge in [-0.15, -0.1) is 0 Å². The van der Waals surface area contributed by atoms with Crippen molar-refractivity contribution in [2.75, 3.05) is 19.8 Å². The summed E-state index contributed by atoms with van der Waals surface area (Å²) in [6.07, 6.45) is 1.82. The van der Waals surface area contributed by atoms with E-state index >= 15 is 0 Å². The first-order valence-corrected chi connectivity index (χ1v) is 13.2. The third-order valence-electron chi connectivity index (χ3n) is 6.35. The summed E-state index contributed by atoms with van der Waals surface area (Å²) >= 11 is 1.29. The van der Waals surface area contributed by atoms with E-state index in [2.05, 4.69) is 0 Å². The molecule has 3 heterocycles. The largest absolute Gasteiger partial charge is 0.486 e. The summed E-state index contributed by atoms with van der Waals surface area (Å²) in [6, 6.07) is 23.9. The lowest BCUT2D eigenvalue weighted by atomic mass is 9.93. The molecule has 0 fully saturated rings. The average molecular weight is 525 g/mol. The first-order valence-electron chi connectivity index (χ1n) is 12.4. The summed E-state index contributed by atoms with van der Waals surface area (Å²) in [5.41, 5.74) is 2.99. The van der Waals surface area contributed by atoms with Gasteiger partial charge in [0.1, 0.15) is 13.2 Å². The van der Waals surface area contributed by atoms with Crippen LogP contribution in [0.3, 0.4) is 0 Å². The number of carbonyl (C=O) groups is 1. The molecule has 0 spiro atoms. The Hall–Kier alpha value is -4.43. The Morgan fingerprint density at radius 1 is 1.03 bits per heavy atom. The molecule has 0 saturated carbocycles. The first kappa shape index (κ1) is 23.9. The van der Waals surface area contributed by atoms with Crippen LogP contribution in [0.4, 0.5) is 0 Å². The Morgan fingerprint density at radius 3 is 2.47 bits per heavy atom. The van der Waals surface area contributed by atoms with Crippen molar-refractivity contribution in [1.29, 1.82) is 0 Å². The molecule has 1 atom stereocenters. The van der Waals surface area contributed by atoms with Gasteiger partial charge in [0.2, 0.25) is 0 Å². The van der Waals surface area contributed by atoms with Gasteiger partial charge < -0.3 is 14.2 Å². The Bertz CT molecular complexity index is 1720. The van der Waals surface area contributed by atoms with Crippen molar-refractivity contribution in [3.63, 3.8) is 0 Å². The van der Waals surface area contributed by atoms with E-state index in [0.29, 0.717) is 45.3 Å². The quantitative estimate of drug-likeness (QED) is 0.372. The van der Waals surface area contributed by atoms with Crippen molar-refractivity contribution in [3.05, 3.63) is 121 Å². The molecule has 3 aromatic carbocycles. The maximum Gasteiger partial charge on any atom is 0.338 e. The molecule has 0 saturated heterocycles. The minimum Gasteiger partial charge on any atom is -0.486 e. The molecule has 0 aliphatic carbocycles. The van der Waals surface area contributed by atoms with Crippen molar-refractivity contribution >= 4 is 29.1 Å². The van der Waals surface area contributed by atoms with Gasteiger partial charge in [-0.25, -0.2) is 9.79 Å². The molecule has 1 aromatic heterocycles. The van der Waals surface area contributed by atoms with Crippen LogP contribution in [0, 0.1) is 0 Å². The van der Waals surface area contributed by atoms with Gasteiger partial charge in [0.05, 0.1) is 28.5 Å². The van der Waals surface area contributed by atoms with E-state index in [4.69, 9.17) is 19.2 Å². The molecule has 8 heteroatoms. The number of benzene rings is 3. The van der Waals surface area contributed by atoms with Gasteiger partial charge >= 0.3 is 5.97 Å². The topological polar surface area (TPSA) is 79.1 Å². The van der Waals surface area contributed by atoms with E-state index in [1.807, 2.05) is 84.9 Å². The highest BCUT2D eigenvalue weighted by Crippen LogP contribution is 2.35. The number of nitrogens with zero attached hydrogens (tertiary/aromatic N) is 2. The number of fused-ring (bicyclic) bond motifs is 2. The van der Waals surface area contributed by atoms with Crippen LogP contribution in [0.1, 0.15) is 29.7 Å². The standard InChI is InChI=1S/C30H24N2O5S/c1-2-35-29(34)25-26(20-9-5-3-6-10-20)31-30-32(27(25)21-11-7-4-8-12-21)28(33)24(38-30)18-19-13-14-22-23(17-19)37-16-15-36-22/h3-14,17-18,27H,2,15-16H2,1H3/b24-18-/t27-/m1/s1. The van der Waals surface area contributed by atoms with Crippen molar-refractivity contribution in [3.8, 4) is 11.5 Å². The average Bonchev–Trinajstić information content (AvgIpc) is 3.27. The van der Waals surface area contributed by atoms with E-state index in [9.17, 15) is 9.59 Å². The molecule has 6 rings (SSSR count). The van der Waals surface area contributed by atoms with Crippen LogP contribution in [0.25, 0.3) is 11.8 Å². The Morgan fingerprint density at radius 2 is 1.74 bits per heavy atom. The van der Waals surface area contributed by atoms with Crippen LogP contribution in [-0.4, -0.2) is 30.4 Å². The zero-order valence-electron chi connectivity index (χ0n) is 20.6. The summed E-state index contributed by atoms with van der Waals surface area (Å²) in [4.78, 5) is 32.7. The van der Waals surface area contributed by atoms with E-state index < -0.39 is 12.0 Å². The van der Waals surface area contributed by atoms with Crippen molar-refractivity contribution in [2.24, 2.45) is 4.99 Å². The number of hydrogen-bond donors (Lipinski definition) is 0. The van der Waals surface area contributed by atoms with E-state index in [0.717, 1.165) is 16.7 Å². The molecule has 0 N–H and O–H groups in total. The summed E-state index contributed by atoms with van der Waals surface area (Å²) in [5.74, 6) is 0.839. The van der Waals surface area contributed by atoms with E-state index in [-0.39, 0.29) is 12.2 Å². The Balaban J connectivity index is 1.59. The third-order valence-corrected chi connectivity index (χ3v) is 7.34. The molecular formula is C30H24N2O5S. The first-order chi connectivity index (χ1) is 18.6. The second-order valence-corrected chi connectivity index (χ2v) is 9.75. The highest BCUT2D eigenvalue weighted by Gasteiger charge is 2.35. The van der Waals surface area contributed by atoms with Gasteiger partial charge in [-0.05, 0) is 36.3 Å². The second-order valence-electron chi connectivity index (χ2n) is 8.75. The molecular weight excluding hydrogens is 500 g/mol. The highest BCUT2D eigenvalue weighted by molar-refractivity contribution is 7.07. The number of esters is 1. The monoisotopic (exact) mass is 524 g/mol. The fourth-order valence-electron chi connectivity index (χ4n) is 4.69. The van der Waals surface area contributed by atoms with Crippen molar-refractivity contribution < 1.29 is 19.0 Å². The molecule has 0 unspecified atom stereocenters. The van der Waals surface area contributed by atoms with Crippen LogP contribution in [0.5, 0.6) is 11.5 Å². The van der Waals surface area contributed by atoms with Crippen molar-refractivity contribution in [2.45, 2.75) is 13.0 Å². The highest BCUT2D eigenvalue weighted by atomic mass is 32.1. The van der Waals surface area contributed by atoms with Crippen LogP contribution in [0.2, 0.25) is 0 Å². The summed E-state index contributed by atoms with van der Waals surface area (Å²) < 4.78 is 18.9. The zero-order valence-corrected chi connectivity index (χ0v) is 21.4. The lowest BCUT2D eigenvalue weighted by Gasteiger charge is -2.25. The second kappa shape index (κ2) is 10.1. The maximum absolute atomic E-state index is 13.9. The third kappa shape index (κ3) is 4.33. The van der Waals surface area contributed by atoms with Crippen LogP contribution in [-0.2, 0) is 9.53 Å². The lowest BCUT2D eigenvalue weighted by Crippen LogP contribution is -2.39. The molecule has 0 radical (unpaired) electrons. The van der Waals surface area contributed by atoms with E-state index in [1.165, 1.54) is 11.3 Å². The predicted molar refractivity (Wildman–Crippen MR) is 145 cm³/mol. The number of carbonyl (C=O) groups excluding carboxylic acids is 1. The fraction of sp³-hybridized carbons (Fsp3) is 0.167. The number of rotatable bonds is 5. The fourth-order valence-corrected chi connectivity index (χ4v) is 5.69. The van der Waals surface area contributed by atoms with E-state index in [1.54, 1.807) is 11.5 Å². The Kier molecular flexibility index (Phi) is 6.39. The number of aromatic nitrogens is 1. The molecule has 0 bridgehead atoms. The normalized spacial score (nSPS) is 16.6. The van der Waals surface area contributed by atoms with Crippen LogP contribution in [0.15, 0.2) is 94.2 Å². The predicted octanol–water partition coefficient (Wildman–Crippen LogP) is 3.71. The molecule has 0 amide bonds. The van der Waals surface area contributed by atoms with Crippen LogP contribution < -0.4 is 24.4 Å². The molecule has 2 aliphatic rings. The smallest absolute Gasteiger partial charge is 0.338 e. The number of thiazole rings is 1. The summed E-state index contributed by atoms with van der Waals surface area (Å²) in [5, 5.41) is 0. The van der Waals surface area contributed by atoms with Gasteiger partial charge in [0, 0.05) is 5.56 Å². The van der Waals surface area contributed by atoms with Gasteiger partial charge in [0.15, 0.2) is 16.3 Å². The SMILES string of the molecule is CCOC(=O)C1=C(c2ccccc2)N=c2s/c(=C\c3ccc4c(c3)OCCO4)c(=O)n2[C@@H]1c1ccccc1. The summed E-state index contributed by atoms with van der Waals surface area (Å²) in [6.45, 7) is 2.97. The molecule has 7 nitrogen and oxygen atoms in total. The van der Waals surface area contributed by atoms with Gasteiger partial charge in [-0.2, -0.15) is 0 Å². The van der Waals surface area contributed by atoms with Crippen LogP contribution >= 0.6 is 11.3 Å². The number of ether oxygens (including phenoxy) is 3. The minimum absolute atomic E-state index is 0.209. The van der Waals surface area contributed by atoms with Gasteiger partial charge in [-0.1, -0.05) is 78.1 Å².